The Kier molecular flexibility index (Phi) is 14.6. The maximum absolute atomic E-state index is 13.7. The second kappa shape index (κ2) is 19.5. The van der Waals surface area contributed by atoms with E-state index in [9.17, 15) is 24.3 Å². The molecular weight excluding hydrogens is 841 g/mol. The molecule has 354 valence electrons. The summed E-state index contributed by atoms with van der Waals surface area (Å²) in [5, 5.41) is 17.5. The molecule has 2 aliphatic rings. The number of aliphatic carboxylic acids is 1. The molecule has 3 amide bonds. The number of aromatic nitrogens is 4. The van der Waals surface area contributed by atoms with E-state index in [0.29, 0.717) is 37.2 Å². The lowest BCUT2D eigenvalue weighted by Crippen LogP contribution is -2.47. The molecule has 6 rings (SSSR count). The SMILES string of the molecule is CC(C)(C)OC(=O)Nc1ncnc2c1ncn2[C@@H]1O[C@H](CN(CCCN(Cc2ccc3ccccc3c2)C(=O)OC(C)(C)C)CC[C@H](NC(=O)OC(C)(C)C)C(=O)O)[C@H]2OC(C)(C)O[C@H]21. The van der Waals surface area contributed by atoms with Gasteiger partial charge in [0.05, 0.1) is 6.33 Å². The Bertz CT molecular complexity index is 2330. The number of carboxylic acid groups (broad SMARTS) is 1. The minimum Gasteiger partial charge on any atom is -0.480 e. The summed E-state index contributed by atoms with van der Waals surface area (Å²) >= 11 is 0. The number of nitrogens with one attached hydrogen (secondary N) is 2. The van der Waals surface area contributed by atoms with Gasteiger partial charge in [0.2, 0.25) is 0 Å². The number of rotatable bonds is 15. The molecule has 2 aliphatic heterocycles. The minimum atomic E-state index is -1.27. The highest BCUT2D eigenvalue weighted by Crippen LogP contribution is 2.44. The number of amides is 3. The fourth-order valence-corrected chi connectivity index (χ4v) is 7.73. The van der Waals surface area contributed by atoms with Crippen molar-refractivity contribution in [3.63, 3.8) is 0 Å². The van der Waals surface area contributed by atoms with Crippen LogP contribution in [0.5, 0.6) is 0 Å². The second-order valence-electron chi connectivity index (χ2n) is 19.9. The van der Waals surface area contributed by atoms with Gasteiger partial charge in [0.25, 0.3) is 0 Å². The van der Waals surface area contributed by atoms with Crippen LogP contribution in [0.1, 0.15) is 101 Å². The smallest absolute Gasteiger partial charge is 0.413 e. The molecule has 19 heteroatoms. The quantitative estimate of drug-likeness (QED) is 0.100. The van der Waals surface area contributed by atoms with Crippen LogP contribution in [0.15, 0.2) is 55.1 Å². The van der Waals surface area contributed by atoms with E-state index in [1.807, 2.05) is 75.9 Å². The van der Waals surface area contributed by atoms with Gasteiger partial charge in [0.15, 0.2) is 29.0 Å². The highest BCUT2D eigenvalue weighted by molar-refractivity contribution is 5.93. The van der Waals surface area contributed by atoms with Gasteiger partial charge in [-0.15, -0.1) is 0 Å². The Morgan fingerprint density at radius 2 is 1.49 bits per heavy atom. The van der Waals surface area contributed by atoms with Crippen molar-refractivity contribution in [2.24, 2.45) is 0 Å². The number of carbonyl (C=O) groups excluding carboxylic acids is 3. The molecule has 2 saturated heterocycles. The highest BCUT2D eigenvalue weighted by Gasteiger charge is 2.56. The lowest BCUT2D eigenvalue weighted by Gasteiger charge is -2.31. The minimum absolute atomic E-state index is 0.0189. The van der Waals surface area contributed by atoms with Gasteiger partial charge in [-0.3, -0.25) is 9.88 Å². The van der Waals surface area contributed by atoms with Gasteiger partial charge in [-0.2, -0.15) is 0 Å². The van der Waals surface area contributed by atoms with E-state index in [4.69, 9.17) is 28.4 Å². The zero-order chi connectivity index (χ0) is 47.5. The number of carbonyl (C=O) groups is 4. The average molecular weight is 905 g/mol. The first-order valence-electron chi connectivity index (χ1n) is 21.9. The van der Waals surface area contributed by atoms with Gasteiger partial charge in [0, 0.05) is 26.2 Å². The monoisotopic (exact) mass is 904 g/mol. The van der Waals surface area contributed by atoms with Crippen molar-refractivity contribution in [1.29, 1.82) is 0 Å². The summed E-state index contributed by atoms with van der Waals surface area (Å²) in [6.45, 7) is 20.9. The number of fused-ring (bicyclic) bond motifs is 3. The molecule has 3 N–H and O–H groups in total. The van der Waals surface area contributed by atoms with Gasteiger partial charge in [-0.25, -0.2) is 34.1 Å². The molecule has 0 bridgehead atoms. The predicted octanol–water partition coefficient (Wildman–Crippen LogP) is 7.24. The first-order chi connectivity index (χ1) is 30.3. The molecule has 0 spiro atoms. The van der Waals surface area contributed by atoms with Crippen LogP contribution in [0.25, 0.3) is 21.9 Å². The number of alkyl carbamates (subject to hydrolysis) is 1. The molecule has 2 aromatic heterocycles. The van der Waals surface area contributed by atoms with E-state index in [1.165, 1.54) is 12.7 Å². The highest BCUT2D eigenvalue weighted by atomic mass is 16.8. The zero-order valence-electron chi connectivity index (χ0n) is 39.2. The van der Waals surface area contributed by atoms with Crippen LogP contribution in [-0.2, 0) is 39.8 Å². The Morgan fingerprint density at radius 3 is 2.17 bits per heavy atom. The van der Waals surface area contributed by atoms with Crippen LogP contribution in [0.4, 0.5) is 20.2 Å². The summed E-state index contributed by atoms with van der Waals surface area (Å²) in [6, 6.07) is 12.8. The summed E-state index contributed by atoms with van der Waals surface area (Å²) < 4.78 is 38.1. The molecule has 2 fully saturated rings. The van der Waals surface area contributed by atoms with Crippen LogP contribution in [0.3, 0.4) is 0 Å². The second-order valence-corrected chi connectivity index (χ2v) is 19.9. The number of imidazole rings is 1. The van der Waals surface area contributed by atoms with Gasteiger partial charge < -0.3 is 48.6 Å². The number of benzene rings is 2. The standard InChI is InChI=1S/C46H64N8O11/c1-43(2,3)63-40(57)50-31(39(55)56)19-22-52(20-14-21-53(42(59)65-45(7,8)9)24-28-17-18-29-15-12-13-16-30(29)23-28)25-32-34-35(62-46(10,11)61-34)38(60-32)54-27-49-33-36(47-26-48-37(33)54)51-41(58)64-44(4,5)6/h12-13,15-18,23,26-27,31-32,34-35,38H,14,19-22,24-25H2,1-11H3,(H,50,57)(H,55,56)(H,47,48,51,58)/t31-,32+,34+,35+,38+/m0/s1. The molecule has 0 saturated carbocycles. The number of nitrogens with zero attached hydrogens (tertiary/aromatic N) is 6. The Hall–Kier alpha value is -5.63. The van der Waals surface area contributed by atoms with E-state index in [1.54, 1.807) is 51.0 Å². The lowest BCUT2D eigenvalue weighted by atomic mass is 10.1. The first kappa shape index (κ1) is 48.8. The third kappa shape index (κ3) is 13.5. The molecule has 0 aliphatic carbocycles. The third-order valence-electron chi connectivity index (χ3n) is 10.3. The Morgan fingerprint density at radius 1 is 0.831 bits per heavy atom. The van der Waals surface area contributed by atoms with E-state index in [0.717, 1.165) is 16.3 Å². The molecule has 4 heterocycles. The van der Waals surface area contributed by atoms with Crippen molar-refractivity contribution in [3.8, 4) is 0 Å². The van der Waals surface area contributed by atoms with Crippen molar-refractivity contribution in [2.45, 2.75) is 149 Å². The average Bonchev–Trinajstić information content (AvgIpc) is 3.84. The lowest BCUT2D eigenvalue weighted by molar-refractivity contribution is -0.198. The van der Waals surface area contributed by atoms with E-state index < -0.39 is 77.4 Å². The van der Waals surface area contributed by atoms with Crippen molar-refractivity contribution in [1.82, 2.24) is 34.6 Å². The van der Waals surface area contributed by atoms with Crippen molar-refractivity contribution in [2.75, 3.05) is 31.5 Å². The van der Waals surface area contributed by atoms with Gasteiger partial charge in [-0.05, 0) is 118 Å². The first-order valence-corrected chi connectivity index (χ1v) is 21.9. The third-order valence-corrected chi connectivity index (χ3v) is 10.3. The van der Waals surface area contributed by atoms with E-state index >= 15 is 0 Å². The summed E-state index contributed by atoms with van der Waals surface area (Å²) in [6.07, 6.45) is -1.30. The summed E-state index contributed by atoms with van der Waals surface area (Å²) in [4.78, 5) is 68.6. The molecule has 5 atom stereocenters. The maximum atomic E-state index is 13.7. The zero-order valence-corrected chi connectivity index (χ0v) is 39.2. The van der Waals surface area contributed by atoms with Crippen LogP contribution in [0, 0.1) is 0 Å². The predicted molar refractivity (Wildman–Crippen MR) is 240 cm³/mol. The molecule has 65 heavy (non-hydrogen) atoms. The molecule has 4 aromatic rings. The van der Waals surface area contributed by atoms with Crippen molar-refractivity contribution in [3.05, 3.63) is 60.7 Å². The Balaban J connectivity index is 1.25. The van der Waals surface area contributed by atoms with Crippen molar-refractivity contribution < 1.29 is 52.7 Å². The van der Waals surface area contributed by atoms with Crippen LogP contribution >= 0.6 is 0 Å². The van der Waals surface area contributed by atoms with Crippen LogP contribution in [-0.4, -0.2) is 132 Å². The topological polar surface area (TPSA) is 218 Å². The van der Waals surface area contributed by atoms with E-state index in [-0.39, 0.29) is 25.3 Å². The number of hydrogen-bond donors (Lipinski definition) is 3. The Labute approximate surface area is 379 Å². The molecule has 2 aromatic carbocycles. The maximum Gasteiger partial charge on any atom is 0.413 e. The normalized spacial score (nSPS) is 20.1. The fraction of sp³-hybridized carbons (Fsp3) is 0.587. The van der Waals surface area contributed by atoms with Gasteiger partial charge >= 0.3 is 24.2 Å². The van der Waals surface area contributed by atoms with Crippen molar-refractivity contribution >= 4 is 52.0 Å². The molecule has 0 radical (unpaired) electrons. The van der Waals surface area contributed by atoms with Crippen LogP contribution < -0.4 is 10.6 Å². The number of carboxylic acids is 1. The molecular formula is C46H64N8O11. The largest absolute Gasteiger partial charge is 0.480 e. The van der Waals surface area contributed by atoms with Gasteiger partial charge in [-0.1, -0.05) is 36.4 Å². The fourth-order valence-electron chi connectivity index (χ4n) is 7.73. The molecule has 19 nitrogen and oxygen atoms in total. The number of ether oxygens (including phenoxy) is 6. The summed E-state index contributed by atoms with van der Waals surface area (Å²) in [7, 11) is 0. The molecule has 0 unspecified atom stereocenters. The number of hydrogen-bond acceptors (Lipinski definition) is 14. The van der Waals surface area contributed by atoms with Gasteiger partial charge in [0.1, 0.15) is 47.5 Å². The van der Waals surface area contributed by atoms with Crippen LogP contribution in [0.2, 0.25) is 0 Å². The number of anilines is 1. The summed E-state index contributed by atoms with van der Waals surface area (Å²) in [5.74, 6) is -2.06. The van der Waals surface area contributed by atoms with E-state index in [2.05, 4.69) is 31.7 Å². The summed E-state index contributed by atoms with van der Waals surface area (Å²) in [5.41, 5.74) is -0.699.